The second kappa shape index (κ2) is 4.14. The summed E-state index contributed by atoms with van der Waals surface area (Å²) in [5, 5.41) is 8.99. The third-order valence-corrected chi connectivity index (χ3v) is 2.99. The molecule has 3 rings (SSSR count). The quantitative estimate of drug-likeness (QED) is 0.737. The molecule has 1 saturated heterocycles. The van der Waals surface area contributed by atoms with Gasteiger partial charge in [0.1, 0.15) is 18.0 Å². The lowest BCUT2D eigenvalue weighted by Gasteiger charge is -2.15. The van der Waals surface area contributed by atoms with E-state index in [0.717, 1.165) is 0 Å². The summed E-state index contributed by atoms with van der Waals surface area (Å²) in [5.74, 6) is 0.242. The molecule has 0 unspecified atom stereocenters. The zero-order valence-electron chi connectivity index (χ0n) is 9.40. The Kier molecular flexibility index (Phi) is 2.60. The smallest absolute Gasteiger partial charge is 0.168 e. The van der Waals surface area contributed by atoms with E-state index in [4.69, 9.17) is 15.6 Å². The van der Waals surface area contributed by atoms with Crippen molar-refractivity contribution < 1.29 is 14.2 Å². The van der Waals surface area contributed by atoms with Crippen LogP contribution in [-0.4, -0.2) is 43.5 Å². The average Bonchev–Trinajstić information content (AvgIpc) is 2.93. The third-order valence-electron chi connectivity index (χ3n) is 2.99. The minimum Gasteiger partial charge on any atom is -0.394 e. The van der Waals surface area contributed by atoms with Crippen LogP contribution in [-0.2, 0) is 4.74 Å². The van der Waals surface area contributed by atoms with Gasteiger partial charge in [-0.15, -0.1) is 0 Å². The fourth-order valence-corrected chi connectivity index (χ4v) is 2.12. The van der Waals surface area contributed by atoms with Crippen molar-refractivity contribution >= 4 is 17.0 Å². The van der Waals surface area contributed by atoms with Gasteiger partial charge in [-0.3, -0.25) is 4.57 Å². The molecule has 3 atom stereocenters. The molecule has 1 fully saturated rings. The fourth-order valence-electron chi connectivity index (χ4n) is 2.12. The summed E-state index contributed by atoms with van der Waals surface area (Å²) < 4.78 is 20.7. The third kappa shape index (κ3) is 1.61. The van der Waals surface area contributed by atoms with E-state index in [1.807, 2.05) is 0 Å². The molecule has 2 aromatic rings. The number of aliphatic hydroxyl groups excluding tert-OH is 1. The molecule has 0 aromatic carbocycles. The molecule has 1 aliphatic heterocycles. The molecule has 7 nitrogen and oxygen atoms in total. The molecule has 18 heavy (non-hydrogen) atoms. The summed E-state index contributed by atoms with van der Waals surface area (Å²) in [4.78, 5) is 11.9. The second-order valence-electron chi connectivity index (χ2n) is 4.17. The zero-order chi connectivity index (χ0) is 12.7. The maximum absolute atomic E-state index is 13.9. The largest absolute Gasteiger partial charge is 0.394 e. The van der Waals surface area contributed by atoms with Crippen LogP contribution in [0.5, 0.6) is 0 Å². The summed E-state index contributed by atoms with van der Waals surface area (Å²) in [6, 6.07) is 0. The lowest BCUT2D eigenvalue weighted by atomic mass is 10.5. The van der Waals surface area contributed by atoms with Gasteiger partial charge < -0.3 is 15.6 Å². The number of anilines is 1. The Morgan fingerprint density at radius 2 is 2.33 bits per heavy atom. The summed E-state index contributed by atoms with van der Waals surface area (Å²) in [6.07, 6.45) is 0.328. The number of aliphatic hydroxyl groups is 1. The fraction of sp³-hybridized carbons (Fsp3) is 0.500. The van der Waals surface area contributed by atoms with Crippen LogP contribution in [0.4, 0.5) is 10.2 Å². The number of nitrogens with zero attached hydrogens (tertiary/aromatic N) is 4. The van der Waals surface area contributed by atoms with Crippen molar-refractivity contribution in [2.45, 2.75) is 24.9 Å². The van der Waals surface area contributed by atoms with E-state index in [0.29, 0.717) is 11.2 Å². The van der Waals surface area contributed by atoms with E-state index in [1.54, 1.807) is 0 Å². The van der Waals surface area contributed by atoms with Crippen LogP contribution in [0.2, 0.25) is 0 Å². The van der Waals surface area contributed by atoms with Gasteiger partial charge in [0.25, 0.3) is 0 Å². The van der Waals surface area contributed by atoms with Gasteiger partial charge in [-0.05, 0) is 0 Å². The lowest BCUT2D eigenvalue weighted by Crippen LogP contribution is -2.16. The molecule has 1 aliphatic rings. The number of imidazole rings is 1. The highest BCUT2D eigenvalue weighted by atomic mass is 19.2. The Bertz CT molecular complexity index is 574. The molecule has 3 heterocycles. The number of halogens is 1. The minimum absolute atomic E-state index is 0.154. The Morgan fingerprint density at radius 1 is 1.50 bits per heavy atom. The van der Waals surface area contributed by atoms with E-state index >= 15 is 0 Å². The number of nitrogens with two attached hydrogens (primary N) is 1. The Hall–Kier alpha value is -1.80. The van der Waals surface area contributed by atoms with Crippen LogP contribution >= 0.6 is 0 Å². The van der Waals surface area contributed by atoms with Crippen LogP contribution in [0.25, 0.3) is 11.2 Å². The van der Waals surface area contributed by atoms with Crippen molar-refractivity contribution in [3.05, 3.63) is 12.7 Å². The molecule has 0 aliphatic carbocycles. The number of hydrogen-bond donors (Lipinski definition) is 2. The van der Waals surface area contributed by atoms with Gasteiger partial charge in [0.2, 0.25) is 0 Å². The standard InChI is InChI=1S/C10H12FN5O2/c11-6-1-5(2-17)18-10(6)16-4-15-7-8(12)13-3-14-9(7)16/h3-6,10,17H,1-2H2,(H2,12,13,14)/t5-,6+,10+/m0/s1/i1+1,2+1,5+1,6+1,10+1. The topological polar surface area (TPSA) is 99.1 Å². The number of fused-ring (bicyclic) bond motifs is 1. The lowest BCUT2D eigenvalue weighted by molar-refractivity contribution is -0.0351. The summed E-state index contributed by atoms with van der Waals surface area (Å²) >= 11 is 0. The first-order valence-corrected chi connectivity index (χ1v) is 5.54. The van der Waals surface area contributed by atoms with Crippen molar-refractivity contribution in [1.82, 2.24) is 19.5 Å². The number of ether oxygens (including phenoxy) is 1. The van der Waals surface area contributed by atoms with Gasteiger partial charge in [-0.1, -0.05) is 0 Å². The SMILES string of the molecule is Nc1ncnc2c1ncn2[13C@@H]1O[13C@H]([13CH2]O)[13CH2][13C@H]1F. The number of rotatable bonds is 2. The Labute approximate surface area is 101 Å². The maximum Gasteiger partial charge on any atom is 0.168 e. The maximum atomic E-state index is 13.9. The van der Waals surface area contributed by atoms with Crippen LogP contribution in [0.1, 0.15) is 12.6 Å². The van der Waals surface area contributed by atoms with E-state index in [2.05, 4.69) is 15.0 Å². The Balaban J connectivity index is 2.02. The second-order valence-corrected chi connectivity index (χ2v) is 4.17. The number of nitrogen functional groups attached to an aromatic ring is 1. The minimum atomic E-state index is -1.21. The van der Waals surface area contributed by atoms with Crippen LogP contribution in [0, 0.1) is 0 Å². The van der Waals surface area contributed by atoms with Crippen LogP contribution < -0.4 is 5.73 Å². The summed E-state index contributed by atoms with van der Waals surface area (Å²) in [5.41, 5.74) is 6.50. The van der Waals surface area contributed by atoms with E-state index in [9.17, 15) is 4.39 Å². The molecule has 0 amide bonds. The van der Waals surface area contributed by atoms with Crippen LogP contribution in [0.3, 0.4) is 0 Å². The average molecular weight is 258 g/mol. The highest BCUT2D eigenvalue weighted by Gasteiger charge is 2.37. The van der Waals surface area contributed by atoms with Crippen molar-refractivity contribution in [3.8, 4) is 0 Å². The molecule has 3 N–H and O–H groups in total. The summed E-state index contributed by atoms with van der Waals surface area (Å²) in [7, 11) is 0. The Morgan fingerprint density at radius 3 is 3.06 bits per heavy atom. The molecule has 8 heteroatoms. The zero-order valence-corrected chi connectivity index (χ0v) is 9.40. The number of hydrogen-bond acceptors (Lipinski definition) is 6. The first kappa shape index (κ1) is 11.3. The first-order valence-electron chi connectivity index (χ1n) is 5.54. The summed E-state index contributed by atoms with van der Waals surface area (Å²) in [6.45, 7) is -0.208. The first-order chi connectivity index (χ1) is 8.70. The molecule has 0 spiro atoms. The van der Waals surface area contributed by atoms with Gasteiger partial charge >= 0.3 is 0 Å². The number of alkyl halides is 1. The van der Waals surface area contributed by atoms with E-state index in [1.165, 1.54) is 17.2 Å². The molecular formula is C10H12FN5O2. The van der Waals surface area contributed by atoms with Gasteiger partial charge in [0.15, 0.2) is 17.7 Å². The molecular weight excluding hydrogens is 246 g/mol. The van der Waals surface area contributed by atoms with Gasteiger partial charge in [-0.25, -0.2) is 19.3 Å². The van der Waals surface area contributed by atoms with Gasteiger partial charge in [0, 0.05) is 6.42 Å². The molecule has 2 aromatic heterocycles. The highest BCUT2D eigenvalue weighted by molar-refractivity contribution is 5.81. The molecule has 0 bridgehead atoms. The predicted molar refractivity (Wildman–Crippen MR) is 60.2 cm³/mol. The monoisotopic (exact) mass is 258 g/mol. The number of aromatic nitrogens is 4. The molecule has 96 valence electrons. The predicted octanol–water partition coefficient (Wildman–Crippen LogP) is 0.0264. The van der Waals surface area contributed by atoms with Crippen LogP contribution in [0.15, 0.2) is 12.7 Å². The van der Waals surface area contributed by atoms with Crippen molar-refractivity contribution in [2.24, 2.45) is 0 Å². The normalized spacial score (nSPS) is 28.0. The van der Waals surface area contributed by atoms with Gasteiger partial charge in [-0.2, -0.15) is 0 Å². The van der Waals surface area contributed by atoms with Gasteiger partial charge in [0.05, 0.1) is 19.0 Å². The molecule has 0 saturated carbocycles. The van der Waals surface area contributed by atoms with E-state index in [-0.39, 0.29) is 18.8 Å². The molecule has 0 radical (unpaired) electrons. The van der Waals surface area contributed by atoms with E-state index < -0.39 is 18.5 Å². The van der Waals surface area contributed by atoms with Crippen molar-refractivity contribution in [3.63, 3.8) is 0 Å². The van der Waals surface area contributed by atoms with Crippen molar-refractivity contribution in [2.75, 3.05) is 12.3 Å². The highest BCUT2D eigenvalue weighted by Crippen LogP contribution is 2.33. The van der Waals surface area contributed by atoms with Crippen molar-refractivity contribution in [1.29, 1.82) is 0 Å².